The van der Waals surface area contributed by atoms with Crippen molar-refractivity contribution in [2.24, 2.45) is 11.7 Å². The maximum absolute atomic E-state index is 11.5. The molecular weight excluding hydrogens is 236 g/mol. The largest absolute Gasteiger partial charge is 0.354 e. The summed E-state index contributed by atoms with van der Waals surface area (Å²) in [6, 6.07) is 9.67. The highest BCUT2D eigenvalue weighted by Gasteiger charge is 2.12. The van der Waals surface area contributed by atoms with Crippen LogP contribution >= 0.6 is 12.4 Å². The van der Waals surface area contributed by atoms with Gasteiger partial charge in [-0.15, -0.1) is 12.4 Å². The van der Waals surface area contributed by atoms with Gasteiger partial charge in [0.1, 0.15) is 0 Å². The highest BCUT2D eigenvalue weighted by molar-refractivity contribution is 5.85. The van der Waals surface area contributed by atoms with E-state index in [-0.39, 0.29) is 30.3 Å². The first-order valence-electron chi connectivity index (χ1n) is 5.73. The molecule has 4 heteroatoms. The Labute approximate surface area is 109 Å². The van der Waals surface area contributed by atoms with E-state index >= 15 is 0 Å². The van der Waals surface area contributed by atoms with E-state index in [9.17, 15) is 4.79 Å². The number of carbonyl (C=O) groups is 1. The Morgan fingerprint density at radius 1 is 1.35 bits per heavy atom. The van der Waals surface area contributed by atoms with E-state index in [1.807, 2.05) is 44.2 Å². The smallest absolute Gasteiger partial charge is 0.222 e. The molecule has 0 spiro atoms. The number of nitrogens with one attached hydrogen (secondary N) is 1. The second-order valence-corrected chi connectivity index (χ2v) is 4.07. The zero-order valence-electron chi connectivity index (χ0n) is 10.3. The molecule has 17 heavy (non-hydrogen) atoms. The van der Waals surface area contributed by atoms with Gasteiger partial charge in [-0.3, -0.25) is 4.79 Å². The quantitative estimate of drug-likeness (QED) is 0.849. The summed E-state index contributed by atoms with van der Waals surface area (Å²) in [4.78, 5) is 11.5. The molecule has 0 aromatic heterocycles. The molecule has 1 aromatic rings. The number of rotatable bonds is 5. The van der Waals surface area contributed by atoms with E-state index in [0.717, 1.165) is 12.0 Å². The van der Waals surface area contributed by atoms with Gasteiger partial charge in [0, 0.05) is 18.5 Å². The van der Waals surface area contributed by atoms with Gasteiger partial charge in [0.25, 0.3) is 0 Å². The number of nitrogens with two attached hydrogens (primary N) is 1. The fourth-order valence-corrected chi connectivity index (χ4v) is 1.39. The van der Waals surface area contributed by atoms with Crippen molar-refractivity contribution in [3.05, 3.63) is 35.9 Å². The highest BCUT2D eigenvalue weighted by Crippen LogP contribution is 2.08. The second kappa shape index (κ2) is 8.09. The third-order valence-electron chi connectivity index (χ3n) is 2.78. The zero-order valence-corrected chi connectivity index (χ0v) is 11.2. The van der Waals surface area contributed by atoms with Crippen LogP contribution in [0.15, 0.2) is 30.3 Å². The molecule has 3 N–H and O–H groups in total. The zero-order chi connectivity index (χ0) is 12.0. The monoisotopic (exact) mass is 256 g/mol. The fraction of sp³-hybridized carbons (Fsp3) is 0.462. The summed E-state index contributed by atoms with van der Waals surface area (Å²) in [7, 11) is 0. The van der Waals surface area contributed by atoms with Crippen LogP contribution < -0.4 is 11.1 Å². The molecule has 0 saturated heterocycles. The van der Waals surface area contributed by atoms with Crippen LogP contribution in [0, 0.1) is 5.92 Å². The molecule has 1 amide bonds. The minimum absolute atomic E-state index is 0. The van der Waals surface area contributed by atoms with E-state index in [4.69, 9.17) is 5.73 Å². The van der Waals surface area contributed by atoms with E-state index in [1.165, 1.54) is 0 Å². The van der Waals surface area contributed by atoms with Crippen LogP contribution in [0.4, 0.5) is 0 Å². The lowest BCUT2D eigenvalue weighted by molar-refractivity contribution is -0.124. The summed E-state index contributed by atoms with van der Waals surface area (Å²) in [6.07, 6.45) is 0.854. The number of halogens is 1. The van der Waals surface area contributed by atoms with Gasteiger partial charge in [-0.05, 0) is 12.0 Å². The lowest BCUT2D eigenvalue weighted by atomic mass is 10.1. The van der Waals surface area contributed by atoms with Gasteiger partial charge >= 0.3 is 0 Å². The maximum atomic E-state index is 11.5. The Hall–Kier alpha value is -1.06. The van der Waals surface area contributed by atoms with Gasteiger partial charge in [0.05, 0.1) is 0 Å². The van der Waals surface area contributed by atoms with Crippen molar-refractivity contribution in [1.29, 1.82) is 0 Å². The van der Waals surface area contributed by atoms with Crippen molar-refractivity contribution in [2.75, 3.05) is 6.54 Å². The minimum Gasteiger partial charge on any atom is -0.354 e. The molecule has 0 fully saturated rings. The number of benzene rings is 1. The Balaban J connectivity index is 0.00000256. The van der Waals surface area contributed by atoms with Crippen molar-refractivity contribution < 1.29 is 4.79 Å². The predicted molar refractivity (Wildman–Crippen MR) is 73.1 cm³/mol. The molecule has 0 heterocycles. The average molecular weight is 257 g/mol. The van der Waals surface area contributed by atoms with Crippen LogP contribution in [-0.4, -0.2) is 12.5 Å². The first kappa shape index (κ1) is 15.9. The first-order chi connectivity index (χ1) is 7.65. The van der Waals surface area contributed by atoms with Gasteiger partial charge in [-0.2, -0.15) is 0 Å². The lowest BCUT2D eigenvalue weighted by Gasteiger charge is -2.15. The van der Waals surface area contributed by atoms with E-state index in [0.29, 0.717) is 6.54 Å². The van der Waals surface area contributed by atoms with Gasteiger partial charge in [0.2, 0.25) is 5.91 Å². The van der Waals surface area contributed by atoms with Gasteiger partial charge in [0.15, 0.2) is 0 Å². The number of amides is 1. The average Bonchev–Trinajstić information content (AvgIpc) is 2.35. The molecule has 0 bridgehead atoms. The molecule has 1 rings (SSSR count). The Bertz CT molecular complexity index is 329. The minimum atomic E-state index is -0.130. The molecule has 2 atom stereocenters. The Morgan fingerprint density at radius 3 is 2.47 bits per heavy atom. The van der Waals surface area contributed by atoms with Crippen molar-refractivity contribution >= 4 is 18.3 Å². The van der Waals surface area contributed by atoms with Crippen molar-refractivity contribution in [3.63, 3.8) is 0 Å². The summed E-state index contributed by atoms with van der Waals surface area (Å²) >= 11 is 0. The summed E-state index contributed by atoms with van der Waals surface area (Å²) in [5.41, 5.74) is 7.02. The van der Waals surface area contributed by atoms with E-state index < -0.39 is 0 Å². The first-order valence-corrected chi connectivity index (χ1v) is 5.73. The van der Waals surface area contributed by atoms with Crippen LogP contribution in [0.5, 0.6) is 0 Å². The SMILES string of the molecule is CCC(C)C(=O)NCC(N)c1ccccc1.Cl. The Morgan fingerprint density at radius 2 is 1.94 bits per heavy atom. The van der Waals surface area contributed by atoms with Crippen LogP contribution in [0.3, 0.4) is 0 Å². The van der Waals surface area contributed by atoms with Crippen LogP contribution in [0.2, 0.25) is 0 Å². The Kier molecular flexibility index (Phi) is 7.59. The maximum Gasteiger partial charge on any atom is 0.222 e. The second-order valence-electron chi connectivity index (χ2n) is 4.07. The molecule has 0 radical (unpaired) electrons. The van der Waals surface area contributed by atoms with Crippen LogP contribution in [0.25, 0.3) is 0 Å². The van der Waals surface area contributed by atoms with Crippen LogP contribution in [0.1, 0.15) is 31.9 Å². The molecule has 3 nitrogen and oxygen atoms in total. The number of hydrogen-bond donors (Lipinski definition) is 2. The lowest BCUT2D eigenvalue weighted by Crippen LogP contribution is -2.35. The standard InChI is InChI=1S/C13H20N2O.ClH/c1-3-10(2)13(16)15-9-12(14)11-7-5-4-6-8-11;/h4-8,10,12H,3,9,14H2,1-2H3,(H,15,16);1H. The van der Waals surface area contributed by atoms with Gasteiger partial charge < -0.3 is 11.1 Å². The third kappa shape index (κ3) is 5.20. The summed E-state index contributed by atoms with van der Waals surface area (Å²) in [6.45, 7) is 4.41. The highest BCUT2D eigenvalue weighted by atomic mass is 35.5. The van der Waals surface area contributed by atoms with E-state index in [2.05, 4.69) is 5.32 Å². The van der Waals surface area contributed by atoms with Crippen LogP contribution in [-0.2, 0) is 4.79 Å². The van der Waals surface area contributed by atoms with Gasteiger partial charge in [-0.25, -0.2) is 0 Å². The van der Waals surface area contributed by atoms with Crippen molar-refractivity contribution in [3.8, 4) is 0 Å². The molecule has 2 unspecified atom stereocenters. The molecule has 96 valence electrons. The van der Waals surface area contributed by atoms with E-state index in [1.54, 1.807) is 0 Å². The normalized spacial score (nSPS) is 13.4. The molecule has 0 aliphatic heterocycles. The summed E-state index contributed by atoms with van der Waals surface area (Å²) in [5, 5.41) is 2.87. The third-order valence-corrected chi connectivity index (χ3v) is 2.78. The predicted octanol–water partition coefficient (Wildman–Crippen LogP) is 2.27. The van der Waals surface area contributed by atoms with Crippen molar-refractivity contribution in [1.82, 2.24) is 5.32 Å². The topological polar surface area (TPSA) is 55.1 Å². The summed E-state index contributed by atoms with van der Waals surface area (Å²) in [5.74, 6) is 0.136. The van der Waals surface area contributed by atoms with Gasteiger partial charge in [-0.1, -0.05) is 44.2 Å². The molecule has 0 aliphatic carbocycles. The number of carbonyl (C=O) groups excluding carboxylic acids is 1. The molecule has 0 aliphatic rings. The summed E-state index contributed by atoms with van der Waals surface area (Å²) < 4.78 is 0. The molecule has 1 aromatic carbocycles. The van der Waals surface area contributed by atoms with Crippen molar-refractivity contribution in [2.45, 2.75) is 26.3 Å². The number of hydrogen-bond acceptors (Lipinski definition) is 2. The molecular formula is C13H21ClN2O. The molecule has 0 saturated carbocycles. The fourth-order valence-electron chi connectivity index (χ4n) is 1.39.